The molecule has 0 aliphatic rings. The van der Waals surface area contributed by atoms with Gasteiger partial charge in [-0.05, 0) is 40.0 Å². The van der Waals surface area contributed by atoms with Crippen LogP contribution in [0.25, 0.3) is 0 Å². The molecule has 0 saturated carbocycles. The zero-order valence-corrected chi connectivity index (χ0v) is 13.5. The van der Waals surface area contributed by atoms with Gasteiger partial charge in [0.05, 0.1) is 6.10 Å². The molecule has 0 aliphatic carbocycles. The normalized spacial score (nSPS) is 15.8. The van der Waals surface area contributed by atoms with E-state index >= 15 is 0 Å². The highest BCUT2D eigenvalue weighted by molar-refractivity contribution is 7.56. The smallest absolute Gasteiger partial charge is 0.323 e. The third-order valence-corrected chi connectivity index (χ3v) is 4.89. The Morgan fingerprint density at radius 3 is 2.25 bits per heavy atom. The van der Waals surface area contributed by atoms with Crippen molar-refractivity contribution < 1.29 is 18.6 Å². The van der Waals surface area contributed by atoms with Crippen molar-refractivity contribution in [2.24, 2.45) is 0 Å². The molecule has 112 valence electrons. The molecule has 6 heteroatoms. The predicted molar refractivity (Wildman–Crippen MR) is 79.1 cm³/mol. The fourth-order valence-corrected chi connectivity index (χ4v) is 2.90. The Hall–Kier alpha value is -1.32. The molecule has 0 N–H and O–H groups in total. The van der Waals surface area contributed by atoms with E-state index in [2.05, 4.69) is 0 Å². The number of hydrogen-bond acceptors (Lipinski definition) is 4. The van der Waals surface area contributed by atoms with Crippen LogP contribution in [-0.4, -0.2) is 36.5 Å². The Bertz CT molecular complexity index is 489. The van der Waals surface area contributed by atoms with E-state index in [1.54, 1.807) is 52.1 Å². The van der Waals surface area contributed by atoms with E-state index in [1.165, 1.54) is 11.3 Å². The van der Waals surface area contributed by atoms with Crippen LogP contribution in [0.2, 0.25) is 0 Å². The number of carbonyl (C=O) groups excluding carboxylic acids is 1. The van der Waals surface area contributed by atoms with Crippen LogP contribution < -0.4 is 4.52 Å². The molecule has 0 heterocycles. The van der Waals surface area contributed by atoms with Crippen LogP contribution in [0.1, 0.15) is 20.8 Å². The molecule has 0 aromatic heterocycles. The lowest BCUT2D eigenvalue weighted by atomic mass is 10.3. The number of likely N-dealkylation sites (N-methyl/N-ethyl adjacent to an activating group) is 1. The summed E-state index contributed by atoms with van der Waals surface area (Å²) in [5, 5.41) is 0. The number of rotatable bonds is 6. The lowest BCUT2D eigenvalue weighted by Gasteiger charge is -2.29. The van der Waals surface area contributed by atoms with Crippen molar-refractivity contribution >= 4 is 13.5 Å². The van der Waals surface area contributed by atoms with Crippen LogP contribution in [0.5, 0.6) is 5.75 Å². The number of carbonyl (C=O) groups is 1. The van der Waals surface area contributed by atoms with Gasteiger partial charge in [0.1, 0.15) is 11.8 Å². The SMILES string of the molecule is CC(C)OC(=O)C(C)N(C)P(C)(=O)Oc1ccccc1. The maximum absolute atomic E-state index is 12.6. The number of para-hydroxylation sites is 1. The number of ether oxygens (including phenoxy) is 1. The number of esters is 1. The second kappa shape index (κ2) is 6.91. The van der Waals surface area contributed by atoms with Crippen LogP contribution in [0.15, 0.2) is 30.3 Å². The number of benzene rings is 1. The monoisotopic (exact) mass is 299 g/mol. The van der Waals surface area contributed by atoms with Gasteiger partial charge in [-0.2, -0.15) is 0 Å². The Morgan fingerprint density at radius 2 is 1.75 bits per heavy atom. The van der Waals surface area contributed by atoms with Crippen molar-refractivity contribution in [3.63, 3.8) is 0 Å². The molecule has 2 unspecified atom stereocenters. The van der Waals surface area contributed by atoms with E-state index in [9.17, 15) is 9.36 Å². The Kier molecular flexibility index (Phi) is 5.78. The van der Waals surface area contributed by atoms with Gasteiger partial charge >= 0.3 is 13.5 Å². The number of nitrogens with zero attached hydrogens (tertiary/aromatic N) is 1. The molecule has 5 nitrogen and oxygen atoms in total. The van der Waals surface area contributed by atoms with Crippen LogP contribution in [0, 0.1) is 0 Å². The van der Waals surface area contributed by atoms with Gasteiger partial charge in [-0.1, -0.05) is 18.2 Å². The largest absolute Gasteiger partial charge is 0.462 e. The van der Waals surface area contributed by atoms with Crippen molar-refractivity contribution in [1.82, 2.24) is 4.67 Å². The topological polar surface area (TPSA) is 55.8 Å². The van der Waals surface area contributed by atoms with Gasteiger partial charge in [0, 0.05) is 6.66 Å². The third-order valence-electron chi connectivity index (χ3n) is 2.84. The summed E-state index contributed by atoms with van der Waals surface area (Å²) in [7, 11) is -1.53. The minimum Gasteiger partial charge on any atom is -0.462 e. The van der Waals surface area contributed by atoms with Gasteiger partial charge in [0.15, 0.2) is 0 Å². The summed E-state index contributed by atoms with van der Waals surface area (Å²) < 4.78 is 24.7. The maximum Gasteiger partial charge on any atom is 0.323 e. The molecule has 0 spiro atoms. The van der Waals surface area contributed by atoms with E-state index in [1.807, 2.05) is 6.07 Å². The summed E-state index contributed by atoms with van der Waals surface area (Å²) in [6, 6.07) is 8.25. The zero-order chi connectivity index (χ0) is 15.3. The summed E-state index contributed by atoms with van der Waals surface area (Å²) >= 11 is 0. The maximum atomic E-state index is 12.6. The van der Waals surface area contributed by atoms with Gasteiger partial charge in [0.2, 0.25) is 0 Å². The Balaban J connectivity index is 2.76. The molecule has 1 rings (SSSR count). The van der Waals surface area contributed by atoms with Crippen molar-refractivity contribution in [2.75, 3.05) is 13.7 Å². The van der Waals surface area contributed by atoms with E-state index in [0.29, 0.717) is 5.75 Å². The standard InChI is InChI=1S/C14H22NO4P/c1-11(2)18-14(16)12(3)15(4)20(5,17)19-13-9-7-6-8-10-13/h6-12H,1-5H3. The van der Waals surface area contributed by atoms with Gasteiger partial charge in [-0.3, -0.25) is 9.36 Å². The molecule has 1 aromatic carbocycles. The fraction of sp³-hybridized carbons (Fsp3) is 0.500. The number of hydrogen-bond donors (Lipinski definition) is 0. The molecule has 0 fully saturated rings. The average Bonchev–Trinajstić information content (AvgIpc) is 2.36. The molecule has 20 heavy (non-hydrogen) atoms. The Labute approximate surface area is 120 Å². The van der Waals surface area contributed by atoms with E-state index < -0.39 is 19.5 Å². The van der Waals surface area contributed by atoms with Crippen LogP contribution in [-0.2, 0) is 14.1 Å². The first-order valence-electron chi connectivity index (χ1n) is 6.50. The Morgan fingerprint density at radius 1 is 1.20 bits per heavy atom. The van der Waals surface area contributed by atoms with Gasteiger partial charge in [-0.25, -0.2) is 4.67 Å². The molecule has 0 bridgehead atoms. The molecule has 0 aliphatic heterocycles. The van der Waals surface area contributed by atoms with E-state index in [0.717, 1.165) is 0 Å². The highest BCUT2D eigenvalue weighted by atomic mass is 31.2. The average molecular weight is 299 g/mol. The first-order valence-corrected chi connectivity index (χ1v) is 8.52. The van der Waals surface area contributed by atoms with Gasteiger partial charge < -0.3 is 9.26 Å². The van der Waals surface area contributed by atoms with Gasteiger partial charge in [0.25, 0.3) is 0 Å². The minimum absolute atomic E-state index is 0.204. The molecule has 1 aromatic rings. The van der Waals surface area contributed by atoms with Crippen molar-refractivity contribution in [1.29, 1.82) is 0 Å². The summed E-state index contributed by atoms with van der Waals surface area (Å²) in [6.45, 7) is 6.68. The molecule has 0 amide bonds. The van der Waals surface area contributed by atoms with E-state index in [4.69, 9.17) is 9.26 Å². The highest BCUT2D eigenvalue weighted by Crippen LogP contribution is 2.47. The summed E-state index contributed by atoms with van der Waals surface area (Å²) in [5.41, 5.74) is 0. The lowest BCUT2D eigenvalue weighted by Crippen LogP contribution is -2.37. The van der Waals surface area contributed by atoms with E-state index in [-0.39, 0.29) is 6.10 Å². The van der Waals surface area contributed by atoms with Crippen molar-refractivity contribution in [3.05, 3.63) is 30.3 Å². The van der Waals surface area contributed by atoms with Gasteiger partial charge in [-0.15, -0.1) is 0 Å². The van der Waals surface area contributed by atoms with Crippen LogP contribution >= 0.6 is 7.52 Å². The van der Waals surface area contributed by atoms with Crippen LogP contribution in [0.4, 0.5) is 0 Å². The fourth-order valence-electron chi connectivity index (χ4n) is 1.54. The van der Waals surface area contributed by atoms with Crippen molar-refractivity contribution in [2.45, 2.75) is 32.9 Å². The summed E-state index contributed by atoms with van der Waals surface area (Å²) in [6.07, 6.45) is -0.204. The molecular formula is C14H22NO4P. The zero-order valence-electron chi connectivity index (χ0n) is 12.6. The summed E-state index contributed by atoms with van der Waals surface area (Å²) in [4.78, 5) is 11.9. The predicted octanol–water partition coefficient (Wildman–Crippen LogP) is 3.16. The summed E-state index contributed by atoms with van der Waals surface area (Å²) in [5.74, 6) is 0.0934. The van der Waals surface area contributed by atoms with Crippen molar-refractivity contribution in [3.8, 4) is 5.75 Å². The third kappa shape index (κ3) is 4.66. The minimum atomic E-state index is -3.13. The van der Waals surface area contributed by atoms with Crippen LogP contribution in [0.3, 0.4) is 0 Å². The quantitative estimate of drug-likeness (QED) is 0.596. The highest BCUT2D eigenvalue weighted by Gasteiger charge is 2.33. The molecule has 0 radical (unpaired) electrons. The molecule has 2 atom stereocenters. The second-order valence-corrected chi connectivity index (χ2v) is 7.36. The first kappa shape index (κ1) is 16.7. The second-order valence-electron chi connectivity index (χ2n) is 4.94. The molecule has 0 saturated heterocycles. The first-order chi connectivity index (χ1) is 9.24. The lowest BCUT2D eigenvalue weighted by molar-refractivity contribution is -0.151. The molecular weight excluding hydrogens is 277 g/mol.